The van der Waals surface area contributed by atoms with E-state index in [0.717, 1.165) is 37.0 Å². The molecule has 3 aliphatic carbocycles. The summed E-state index contributed by atoms with van der Waals surface area (Å²) in [5.41, 5.74) is 5.14. The van der Waals surface area contributed by atoms with Gasteiger partial charge in [-0.1, -0.05) is 24.2 Å². The first-order valence-corrected chi connectivity index (χ1v) is 11.8. The van der Waals surface area contributed by atoms with Crippen molar-refractivity contribution in [3.63, 3.8) is 0 Å². The van der Waals surface area contributed by atoms with Crippen LogP contribution in [-0.4, -0.2) is 25.0 Å². The SMILES string of the molecule is COc1ccc(CO/N=C2/CC[C@H]3[C@@H]4CCc5cc(O)c(OC)cc5[C@H]4CC[C@]23C)cc1. The molecule has 2 saturated carbocycles. The highest BCUT2D eigenvalue weighted by Gasteiger charge is 2.53. The van der Waals surface area contributed by atoms with Gasteiger partial charge in [-0.25, -0.2) is 0 Å². The van der Waals surface area contributed by atoms with E-state index in [2.05, 4.69) is 18.1 Å². The Morgan fingerprint density at radius 1 is 1.03 bits per heavy atom. The van der Waals surface area contributed by atoms with Gasteiger partial charge in [-0.15, -0.1) is 0 Å². The molecule has 4 atom stereocenters. The molecule has 0 unspecified atom stereocenters. The van der Waals surface area contributed by atoms with E-state index >= 15 is 0 Å². The number of ether oxygens (including phenoxy) is 2. The average Bonchev–Trinajstić information content (AvgIpc) is 3.15. The smallest absolute Gasteiger partial charge is 0.160 e. The molecule has 0 aromatic heterocycles. The highest BCUT2D eigenvalue weighted by Crippen LogP contribution is 2.60. The van der Waals surface area contributed by atoms with Crippen molar-refractivity contribution in [1.29, 1.82) is 0 Å². The van der Waals surface area contributed by atoms with Crippen LogP contribution < -0.4 is 9.47 Å². The lowest BCUT2D eigenvalue weighted by molar-refractivity contribution is 0.0868. The van der Waals surface area contributed by atoms with Gasteiger partial charge in [-0.2, -0.15) is 0 Å². The Morgan fingerprint density at radius 3 is 2.59 bits per heavy atom. The Morgan fingerprint density at radius 2 is 1.84 bits per heavy atom. The van der Waals surface area contributed by atoms with E-state index in [4.69, 9.17) is 14.3 Å². The summed E-state index contributed by atoms with van der Waals surface area (Å²) < 4.78 is 10.6. The fourth-order valence-electron chi connectivity index (χ4n) is 6.60. The molecule has 2 fully saturated rings. The standard InChI is InChI=1S/C27H33NO4/c1-27-13-12-20-21(9-6-18-14-24(29)25(31-3)15-22(18)20)23(27)10-11-26(27)28-32-16-17-4-7-19(30-2)8-5-17/h4-5,7-8,14-15,20-21,23,29H,6,9-13,16H2,1-3H3/b28-26-/t20-,21+,23-,27-/m0/s1. The molecule has 1 N–H and O–H groups in total. The largest absolute Gasteiger partial charge is 0.504 e. The van der Waals surface area contributed by atoms with Crippen LogP contribution in [0, 0.1) is 17.3 Å². The molecule has 0 bridgehead atoms. The van der Waals surface area contributed by atoms with Gasteiger partial charge >= 0.3 is 0 Å². The first kappa shape index (κ1) is 21.2. The topological polar surface area (TPSA) is 60.3 Å². The highest BCUT2D eigenvalue weighted by molar-refractivity contribution is 5.92. The summed E-state index contributed by atoms with van der Waals surface area (Å²) in [5.74, 6) is 3.55. The molecular formula is C27H33NO4. The molecule has 3 aliphatic rings. The maximum Gasteiger partial charge on any atom is 0.160 e. The molecule has 170 valence electrons. The van der Waals surface area contributed by atoms with Crippen LogP contribution in [0.15, 0.2) is 41.6 Å². The number of fused-ring (bicyclic) bond motifs is 5. The quantitative estimate of drug-likeness (QED) is 0.600. The second kappa shape index (κ2) is 8.34. The molecular weight excluding hydrogens is 402 g/mol. The van der Waals surface area contributed by atoms with Crippen molar-refractivity contribution in [2.24, 2.45) is 22.4 Å². The zero-order chi connectivity index (χ0) is 22.3. The third-order valence-electron chi connectivity index (χ3n) is 8.33. The highest BCUT2D eigenvalue weighted by atomic mass is 16.6. The summed E-state index contributed by atoms with van der Waals surface area (Å²) in [4.78, 5) is 5.83. The van der Waals surface area contributed by atoms with Crippen LogP contribution in [0.4, 0.5) is 0 Å². The van der Waals surface area contributed by atoms with Crippen LogP contribution in [0.2, 0.25) is 0 Å². The number of oxime groups is 1. The van der Waals surface area contributed by atoms with E-state index in [-0.39, 0.29) is 11.2 Å². The minimum Gasteiger partial charge on any atom is -0.504 e. The molecule has 5 rings (SSSR count). The van der Waals surface area contributed by atoms with Crippen LogP contribution in [-0.2, 0) is 17.9 Å². The van der Waals surface area contributed by atoms with Gasteiger partial charge in [0.1, 0.15) is 12.4 Å². The van der Waals surface area contributed by atoms with Gasteiger partial charge in [0.15, 0.2) is 11.5 Å². The number of aryl methyl sites for hydroxylation is 1. The van der Waals surface area contributed by atoms with Crippen molar-refractivity contribution < 1.29 is 19.4 Å². The van der Waals surface area contributed by atoms with Crippen LogP contribution in [0.5, 0.6) is 17.2 Å². The van der Waals surface area contributed by atoms with E-state index in [1.807, 2.05) is 30.3 Å². The van der Waals surface area contributed by atoms with Crippen LogP contribution in [0.1, 0.15) is 61.6 Å². The average molecular weight is 436 g/mol. The second-order valence-corrected chi connectivity index (χ2v) is 9.79. The van der Waals surface area contributed by atoms with Gasteiger partial charge in [0.25, 0.3) is 0 Å². The van der Waals surface area contributed by atoms with E-state index in [0.29, 0.717) is 30.1 Å². The van der Waals surface area contributed by atoms with Gasteiger partial charge in [-0.3, -0.25) is 0 Å². The predicted octanol–water partition coefficient (Wildman–Crippen LogP) is 5.84. The number of methoxy groups -OCH3 is 2. The maximum atomic E-state index is 10.2. The number of phenolic OH excluding ortho intramolecular Hbond substituents is 1. The summed E-state index contributed by atoms with van der Waals surface area (Å²) in [6.45, 7) is 2.89. The molecule has 0 saturated heterocycles. The number of nitrogens with zero attached hydrogens (tertiary/aromatic N) is 1. The second-order valence-electron chi connectivity index (χ2n) is 9.79. The summed E-state index contributed by atoms with van der Waals surface area (Å²) in [6, 6.07) is 12.0. The number of aromatic hydroxyl groups is 1. The monoisotopic (exact) mass is 435 g/mol. The van der Waals surface area contributed by atoms with Crippen molar-refractivity contribution >= 4 is 5.71 Å². The van der Waals surface area contributed by atoms with E-state index < -0.39 is 0 Å². The van der Waals surface area contributed by atoms with Crippen LogP contribution >= 0.6 is 0 Å². The van der Waals surface area contributed by atoms with E-state index in [1.54, 1.807) is 14.2 Å². The molecule has 2 aromatic rings. The van der Waals surface area contributed by atoms with Crippen molar-refractivity contribution in [2.75, 3.05) is 14.2 Å². The van der Waals surface area contributed by atoms with Crippen LogP contribution in [0.25, 0.3) is 0 Å². The Balaban J connectivity index is 1.32. The van der Waals surface area contributed by atoms with Crippen molar-refractivity contribution in [2.45, 2.75) is 58.0 Å². The number of hydrogen-bond acceptors (Lipinski definition) is 5. The first-order chi connectivity index (χ1) is 15.5. The number of phenols is 1. The molecule has 5 nitrogen and oxygen atoms in total. The number of hydrogen-bond donors (Lipinski definition) is 1. The van der Waals surface area contributed by atoms with Crippen LogP contribution in [0.3, 0.4) is 0 Å². The zero-order valence-corrected chi connectivity index (χ0v) is 19.3. The van der Waals surface area contributed by atoms with Gasteiger partial charge in [-0.05, 0) is 97.2 Å². The maximum absolute atomic E-state index is 10.2. The number of benzene rings is 2. The first-order valence-electron chi connectivity index (χ1n) is 11.8. The summed E-state index contributed by atoms with van der Waals surface area (Å²) >= 11 is 0. The lowest BCUT2D eigenvalue weighted by Gasteiger charge is -2.49. The van der Waals surface area contributed by atoms with E-state index in [9.17, 15) is 5.11 Å². The molecule has 0 amide bonds. The molecule has 32 heavy (non-hydrogen) atoms. The fourth-order valence-corrected chi connectivity index (χ4v) is 6.60. The normalized spacial score (nSPS) is 29.7. The molecule has 0 spiro atoms. The van der Waals surface area contributed by atoms with Gasteiger partial charge in [0, 0.05) is 5.41 Å². The fraction of sp³-hybridized carbons (Fsp3) is 0.519. The summed E-state index contributed by atoms with van der Waals surface area (Å²) in [7, 11) is 3.31. The lowest BCUT2D eigenvalue weighted by atomic mass is 9.55. The predicted molar refractivity (Wildman–Crippen MR) is 124 cm³/mol. The Hall–Kier alpha value is -2.69. The molecule has 0 radical (unpaired) electrons. The molecule has 0 aliphatic heterocycles. The number of rotatable bonds is 5. The Labute approximate surface area is 190 Å². The molecule has 2 aromatic carbocycles. The Kier molecular flexibility index (Phi) is 5.52. The third kappa shape index (κ3) is 3.52. The third-order valence-corrected chi connectivity index (χ3v) is 8.33. The summed E-state index contributed by atoms with van der Waals surface area (Å²) in [5, 5.41) is 14.9. The molecule has 5 heteroatoms. The van der Waals surface area contributed by atoms with Gasteiger partial charge in [0.05, 0.1) is 19.9 Å². The van der Waals surface area contributed by atoms with E-state index in [1.165, 1.54) is 29.7 Å². The zero-order valence-electron chi connectivity index (χ0n) is 19.3. The van der Waals surface area contributed by atoms with Crippen molar-refractivity contribution in [1.82, 2.24) is 0 Å². The minimum absolute atomic E-state index is 0.125. The van der Waals surface area contributed by atoms with Crippen molar-refractivity contribution in [3.8, 4) is 17.2 Å². The van der Waals surface area contributed by atoms with Gasteiger partial charge < -0.3 is 19.4 Å². The van der Waals surface area contributed by atoms with Crippen molar-refractivity contribution in [3.05, 3.63) is 53.1 Å². The lowest BCUT2D eigenvalue weighted by Crippen LogP contribution is -2.42. The van der Waals surface area contributed by atoms with Gasteiger partial charge in [0.2, 0.25) is 0 Å². The Bertz CT molecular complexity index is 1020. The molecule has 0 heterocycles. The summed E-state index contributed by atoms with van der Waals surface area (Å²) in [6.07, 6.45) is 6.71. The minimum atomic E-state index is 0.125.